The van der Waals surface area contributed by atoms with E-state index in [2.05, 4.69) is 41.0 Å². The van der Waals surface area contributed by atoms with Crippen molar-refractivity contribution < 1.29 is 5.11 Å². The Labute approximate surface area is 121 Å². The Morgan fingerprint density at radius 2 is 2.20 bits per heavy atom. The molecule has 1 aromatic heterocycles. The molecule has 0 aromatic carbocycles. The van der Waals surface area contributed by atoms with Crippen molar-refractivity contribution in [3.8, 4) is 0 Å². The summed E-state index contributed by atoms with van der Waals surface area (Å²) in [5.41, 5.74) is 1.21. The zero-order valence-electron chi connectivity index (χ0n) is 12.8. The summed E-state index contributed by atoms with van der Waals surface area (Å²) in [6.07, 6.45) is 4.32. The van der Waals surface area contributed by atoms with Gasteiger partial charge in [0.15, 0.2) is 0 Å². The molecule has 1 fully saturated rings. The quantitative estimate of drug-likeness (QED) is 0.863. The maximum Gasteiger partial charge on any atom is 0.137 e. The van der Waals surface area contributed by atoms with E-state index in [1.165, 1.54) is 5.56 Å². The lowest BCUT2D eigenvalue weighted by Crippen LogP contribution is -2.42. The summed E-state index contributed by atoms with van der Waals surface area (Å²) in [5.74, 6) is 2.28. The van der Waals surface area contributed by atoms with Crippen molar-refractivity contribution in [2.24, 2.45) is 5.92 Å². The van der Waals surface area contributed by atoms with Gasteiger partial charge in [-0.2, -0.15) is 0 Å². The zero-order valence-corrected chi connectivity index (χ0v) is 12.8. The maximum atomic E-state index is 9.88. The van der Waals surface area contributed by atoms with Crippen LogP contribution in [0.3, 0.4) is 0 Å². The molecule has 1 saturated heterocycles. The first-order valence-electron chi connectivity index (χ1n) is 7.68. The van der Waals surface area contributed by atoms with Crippen LogP contribution < -0.4 is 10.2 Å². The normalized spacial score (nSPS) is 22.9. The molecule has 5 heteroatoms. The maximum absolute atomic E-state index is 9.88. The van der Waals surface area contributed by atoms with E-state index >= 15 is 0 Å². The van der Waals surface area contributed by atoms with Gasteiger partial charge < -0.3 is 15.3 Å². The Balaban J connectivity index is 2.28. The molecule has 0 aliphatic carbocycles. The van der Waals surface area contributed by atoms with Crippen LogP contribution in [-0.2, 0) is 6.42 Å². The van der Waals surface area contributed by atoms with E-state index < -0.39 is 0 Å². The molecule has 0 saturated carbocycles. The molecular formula is C15H26N4O. The van der Waals surface area contributed by atoms with E-state index in [4.69, 9.17) is 0 Å². The van der Waals surface area contributed by atoms with E-state index in [1.807, 2.05) is 0 Å². The Morgan fingerprint density at radius 1 is 1.40 bits per heavy atom. The minimum absolute atomic E-state index is 0.184. The summed E-state index contributed by atoms with van der Waals surface area (Å²) >= 11 is 0. The molecule has 1 aliphatic heterocycles. The molecule has 0 spiro atoms. The minimum Gasteiger partial charge on any atom is -0.393 e. The number of aliphatic hydroxyl groups is 1. The van der Waals surface area contributed by atoms with Crippen LogP contribution in [0, 0.1) is 5.92 Å². The molecule has 2 atom stereocenters. The van der Waals surface area contributed by atoms with E-state index in [0.29, 0.717) is 0 Å². The molecule has 20 heavy (non-hydrogen) atoms. The number of aromatic nitrogens is 2. The Hall–Kier alpha value is -1.36. The molecule has 1 aromatic rings. The monoisotopic (exact) mass is 278 g/mol. The average Bonchev–Trinajstić information content (AvgIpc) is 2.44. The molecule has 112 valence electrons. The lowest BCUT2D eigenvalue weighted by molar-refractivity contribution is 0.0968. The van der Waals surface area contributed by atoms with Gasteiger partial charge in [-0.05, 0) is 25.7 Å². The smallest absolute Gasteiger partial charge is 0.137 e. The second kappa shape index (κ2) is 6.88. The number of aliphatic hydroxyl groups excluding tert-OH is 1. The average molecular weight is 278 g/mol. The number of hydrogen-bond acceptors (Lipinski definition) is 5. The van der Waals surface area contributed by atoms with E-state index in [-0.39, 0.29) is 12.0 Å². The van der Waals surface area contributed by atoms with Gasteiger partial charge in [-0.3, -0.25) is 0 Å². The first-order valence-corrected chi connectivity index (χ1v) is 7.68. The molecule has 2 heterocycles. The molecule has 2 unspecified atom stereocenters. The van der Waals surface area contributed by atoms with Crippen LogP contribution in [0.25, 0.3) is 0 Å². The number of hydrogen-bond donors (Lipinski definition) is 2. The van der Waals surface area contributed by atoms with Crippen LogP contribution in [0.1, 0.15) is 39.2 Å². The summed E-state index contributed by atoms with van der Waals surface area (Å²) in [4.78, 5) is 11.2. The van der Waals surface area contributed by atoms with Crippen molar-refractivity contribution in [3.05, 3.63) is 11.9 Å². The molecule has 5 nitrogen and oxygen atoms in total. The van der Waals surface area contributed by atoms with Crippen LogP contribution in [0.15, 0.2) is 6.33 Å². The van der Waals surface area contributed by atoms with Crippen molar-refractivity contribution >= 4 is 11.6 Å². The van der Waals surface area contributed by atoms with Gasteiger partial charge in [-0.25, -0.2) is 9.97 Å². The Morgan fingerprint density at radius 3 is 2.85 bits per heavy atom. The van der Waals surface area contributed by atoms with Gasteiger partial charge in [0.25, 0.3) is 0 Å². The molecule has 0 radical (unpaired) electrons. The lowest BCUT2D eigenvalue weighted by Gasteiger charge is -2.36. The van der Waals surface area contributed by atoms with Crippen molar-refractivity contribution in [1.29, 1.82) is 0 Å². The van der Waals surface area contributed by atoms with Crippen molar-refractivity contribution in [2.45, 2.75) is 46.1 Å². The number of nitrogens with zero attached hydrogens (tertiary/aromatic N) is 3. The topological polar surface area (TPSA) is 61.3 Å². The van der Waals surface area contributed by atoms with Crippen LogP contribution in [0.2, 0.25) is 0 Å². The van der Waals surface area contributed by atoms with E-state index in [1.54, 1.807) is 6.33 Å². The van der Waals surface area contributed by atoms with E-state index in [9.17, 15) is 5.11 Å². The molecule has 2 rings (SSSR count). The van der Waals surface area contributed by atoms with Crippen LogP contribution >= 0.6 is 0 Å². The fourth-order valence-corrected chi connectivity index (χ4v) is 2.80. The van der Waals surface area contributed by atoms with Gasteiger partial charge in [-0.1, -0.05) is 20.3 Å². The largest absolute Gasteiger partial charge is 0.393 e. The van der Waals surface area contributed by atoms with Gasteiger partial charge in [0, 0.05) is 25.2 Å². The summed E-state index contributed by atoms with van der Waals surface area (Å²) in [6, 6.07) is 0. The van der Waals surface area contributed by atoms with Crippen LogP contribution in [0.5, 0.6) is 0 Å². The fourth-order valence-electron chi connectivity index (χ4n) is 2.80. The number of nitrogens with one attached hydrogen (secondary N) is 1. The van der Waals surface area contributed by atoms with Gasteiger partial charge in [0.1, 0.15) is 18.0 Å². The highest BCUT2D eigenvalue weighted by molar-refractivity contribution is 5.59. The van der Waals surface area contributed by atoms with Crippen LogP contribution in [-0.4, -0.2) is 40.8 Å². The van der Waals surface area contributed by atoms with Gasteiger partial charge in [0.05, 0.1) is 6.10 Å². The second-order valence-corrected chi connectivity index (χ2v) is 5.58. The number of rotatable bonds is 5. The minimum atomic E-state index is -0.184. The first kappa shape index (κ1) is 15.0. The van der Waals surface area contributed by atoms with Gasteiger partial charge >= 0.3 is 0 Å². The standard InChI is InChI=1S/C15H26N4O/c1-4-6-12-14(16-5-2)17-10-18-15(12)19-8-7-13(20)11(3)9-19/h10-11,13,20H,4-9H2,1-3H3,(H,16,17,18). The lowest BCUT2D eigenvalue weighted by atomic mass is 9.96. The molecule has 0 amide bonds. The van der Waals surface area contributed by atoms with Crippen molar-refractivity contribution in [1.82, 2.24) is 9.97 Å². The third-order valence-electron chi connectivity index (χ3n) is 3.93. The van der Waals surface area contributed by atoms with Crippen molar-refractivity contribution in [3.63, 3.8) is 0 Å². The molecule has 1 aliphatic rings. The summed E-state index contributed by atoms with van der Waals surface area (Å²) in [6.45, 7) is 8.95. The third kappa shape index (κ3) is 3.20. The SMILES string of the molecule is CCCc1c(NCC)ncnc1N1CCC(O)C(C)C1. The highest BCUT2D eigenvalue weighted by Gasteiger charge is 2.27. The number of piperidine rings is 1. The first-order chi connectivity index (χ1) is 9.67. The predicted molar refractivity (Wildman–Crippen MR) is 82.2 cm³/mol. The highest BCUT2D eigenvalue weighted by Crippen LogP contribution is 2.28. The highest BCUT2D eigenvalue weighted by atomic mass is 16.3. The summed E-state index contributed by atoms with van der Waals surface area (Å²) in [5, 5.41) is 13.2. The summed E-state index contributed by atoms with van der Waals surface area (Å²) in [7, 11) is 0. The second-order valence-electron chi connectivity index (χ2n) is 5.58. The summed E-state index contributed by atoms with van der Waals surface area (Å²) < 4.78 is 0. The number of anilines is 2. The Bertz CT molecular complexity index is 438. The predicted octanol–water partition coefficient (Wildman–Crippen LogP) is 2.07. The van der Waals surface area contributed by atoms with Gasteiger partial charge in [0.2, 0.25) is 0 Å². The van der Waals surface area contributed by atoms with Gasteiger partial charge in [-0.15, -0.1) is 0 Å². The van der Waals surface area contributed by atoms with Crippen LogP contribution in [0.4, 0.5) is 11.6 Å². The third-order valence-corrected chi connectivity index (χ3v) is 3.93. The zero-order chi connectivity index (χ0) is 14.5. The molecule has 0 bridgehead atoms. The van der Waals surface area contributed by atoms with E-state index in [0.717, 1.165) is 50.5 Å². The Kier molecular flexibility index (Phi) is 5.17. The van der Waals surface area contributed by atoms with Crippen molar-refractivity contribution in [2.75, 3.05) is 29.9 Å². The molecular weight excluding hydrogens is 252 g/mol. The molecule has 2 N–H and O–H groups in total. The fraction of sp³-hybridized carbons (Fsp3) is 0.733.